The number of ether oxygens (including phenoxy) is 3. The molecule has 2 atom stereocenters. The average molecular weight is 499 g/mol. The molecule has 0 amide bonds. The van der Waals surface area contributed by atoms with Gasteiger partial charge in [0.1, 0.15) is 0 Å². The SMILES string of the molecule is COC(=O)C1CCN(CCOCc2ccccc2)C1.OCC1CCN(CCOCc2ccccc2)C1. The summed E-state index contributed by atoms with van der Waals surface area (Å²) in [6.07, 6.45) is 2.01. The van der Waals surface area contributed by atoms with Gasteiger partial charge >= 0.3 is 5.97 Å². The molecule has 0 aromatic heterocycles. The second kappa shape index (κ2) is 16.5. The molecule has 0 radical (unpaired) electrons. The van der Waals surface area contributed by atoms with Crippen LogP contribution in [0.5, 0.6) is 0 Å². The van der Waals surface area contributed by atoms with E-state index in [0.29, 0.717) is 32.3 Å². The number of esters is 1. The van der Waals surface area contributed by atoms with Gasteiger partial charge in [0, 0.05) is 32.8 Å². The quantitative estimate of drug-likeness (QED) is 0.356. The molecule has 2 aliphatic rings. The number of aliphatic hydroxyl groups excluding tert-OH is 1. The minimum atomic E-state index is -0.0901. The first-order valence-corrected chi connectivity index (χ1v) is 13.0. The Morgan fingerprint density at radius 2 is 1.36 bits per heavy atom. The fourth-order valence-electron chi connectivity index (χ4n) is 4.58. The van der Waals surface area contributed by atoms with Gasteiger partial charge in [0.2, 0.25) is 0 Å². The minimum absolute atomic E-state index is 0.0409. The molecule has 7 nitrogen and oxygen atoms in total. The molecule has 2 aromatic rings. The number of nitrogens with zero attached hydrogens (tertiary/aromatic N) is 2. The second-order valence-corrected chi connectivity index (χ2v) is 9.52. The molecule has 1 N–H and O–H groups in total. The van der Waals surface area contributed by atoms with Gasteiger partial charge in [-0.2, -0.15) is 0 Å². The van der Waals surface area contributed by atoms with Crippen molar-refractivity contribution in [2.24, 2.45) is 11.8 Å². The molecule has 2 saturated heterocycles. The number of benzene rings is 2. The van der Waals surface area contributed by atoms with E-state index in [1.54, 1.807) is 0 Å². The lowest BCUT2D eigenvalue weighted by atomic mass is 10.1. The topological polar surface area (TPSA) is 71.5 Å². The van der Waals surface area contributed by atoms with E-state index in [2.05, 4.69) is 34.1 Å². The Morgan fingerprint density at radius 1 is 0.833 bits per heavy atom. The van der Waals surface area contributed by atoms with E-state index in [1.165, 1.54) is 18.2 Å². The molecule has 2 unspecified atom stereocenters. The van der Waals surface area contributed by atoms with Crippen molar-refractivity contribution in [3.05, 3.63) is 71.8 Å². The first kappa shape index (κ1) is 28.3. The van der Waals surface area contributed by atoms with Crippen molar-refractivity contribution in [3.8, 4) is 0 Å². The van der Waals surface area contributed by atoms with Gasteiger partial charge < -0.3 is 29.1 Å². The average Bonchev–Trinajstić information content (AvgIpc) is 3.60. The third kappa shape index (κ3) is 10.4. The van der Waals surface area contributed by atoms with Gasteiger partial charge in [-0.3, -0.25) is 4.79 Å². The van der Waals surface area contributed by atoms with Crippen molar-refractivity contribution < 1.29 is 24.1 Å². The van der Waals surface area contributed by atoms with E-state index in [0.717, 1.165) is 58.7 Å². The summed E-state index contributed by atoms with van der Waals surface area (Å²) in [6.45, 7) is 8.84. The molecule has 4 rings (SSSR count). The highest BCUT2D eigenvalue weighted by molar-refractivity contribution is 5.72. The zero-order chi connectivity index (χ0) is 25.4. The highest BCUT2D eigenvalue weighted by atomic mass is 16.5. The number of hydrogen-bond acceptors (Lipinski definition) is 7. The third-order valence-electron chi connectivity index (χ3n) is 6.76. The van der Waals surface area contributed by atoms with Crippen molar-refractivity contribution >= 4 is 5.97 Å². The van der Waals surface area contributed by atoms with Gasteiger partial charge in [-0.05, 0) is 43.0 Å². The molecule has 2 heterocycles. The van der Waals surface area contributed by atoms with Gasteiger partial charge in [-0.25, -0.2) is 0 Å². The molecule has 2 aliphatic heterocycles. The van der Waals surface area contributed by atoms with Crippen LogP contribution in [0.15, 0.2) is 60.7 Å². The standard InChI is InChI=1S/C15H21NO3.C14H21NO2/c1-18-15(17)14-7-8-16(11-14)9-10-19-12-13-5-3-2-4-6-13;16-11-14-6-7-15(10-14)8-9-17-12-13-4-2-1-3-5-13/h2-6,14H,7-12H2,1H3;1-5,14,16H,6-12H2. The number of carbonyl (C=O) groups is 1. The van der Waals surface area contributed by atoms with Crippen LogP contribution in [0, 0.1) is 11.8 Å². The van der Waals surface area contributed by atoms with Crippen LogP contribution in [0.4, 0.5) is 0 Å². The Hall–Kier alpha value is -2.29. The number of hydrogen-bond donors (Lipinski definition) is 1. The number of likely N-dealkylation sites (tertiary alicyclic amines) is 2. The lowest BCUT2D eigenvalue weighted by molar-refractivity contribution is -0.144. The van der Waals surface area contributed by atoms with Crippen LogP contribution < -0.4 is 0 Å². The molecule has 0 saturated carbocycles. The zero-order valence-corrected chi connectivity index (χ0v) is 21.6. The van der Waals surface area contributed by atoms with Crippen LogP contribution in [0.1, 0.15) is 24.0 Å². The highest BCUT2D eigenvalue weighted by Gasteiger charge is 2.28. The molecule has 36 heavy (non-hydrogen) atoms. The zero-order valence-electron chi connectivity index (χ0n) is 21.6. The summed E-state index contributed by atoms with van der Waals surface area (Å²) in [7, 11) is 1.45. The monoisotopic (exact) mass is 498 g/mol. The first-order valence-electron chi connectivity index (χ1n) is 13.0. The summed E-state index contributed by atoms with van der Waals surface area (Å²) >= 11 is 0. The summed E-state index contributed by atoms with van der Waals surface area (Å²) in [5.41, 5.74) is 2.42. The third-order valence-corrected chi connectivity index (χ3v) is 6.76. The van der Waals surface area contributed by atoms with Crippen molar-refractivity contribution in [3.63, 3.8) is 0 Å². The summed E-state index contributed by atoms with van der Waals surface area (Å²) in [4.78, 5) is 16.0. The largest absolute Gasteiger partial charge is 0.469 e. The normalized spacial score (nSPS) is 20.2. The molecular weight excluding hydrogens is 456 g/mol. The van der Waals surface area contributed by atoms with E-state index in [-0.39, 0.29) is 11.9 Å². The summed E-state index contributed by atoms with van der Waals surface area (Å²) in [6, 6.07) is 20.4. The van der Waals surface area contributed by atoms with Gasteiger partial charge in [-0.1, -0.05) is 60.7 Å². The van der Waals surface area contributed by atoms with Crippen LogP contribution in [-0.2, 0) is 32.2 Å². The number of aliphatic hydroxyl groups is 1. The van der Waals surface area contributed by atoms with Crippen LogP contribution in [0.2, 0.25) is 0 Å². The molecule has 0 aliphatic carbocycles. The van der Waals surface area contributed by atoms with Crippen LogP contribution in [-0.4, -0.2) is 87.1 Å². The molecule has 2 fully saturated rings. The molecule has 0 bridgehead atoms. The lowest BCUT2D eigenvalue weighted by Gasteiger charge is -2.15. The lowest BCUT2D eigenvalue weighted by Crippen LogP contribution is -2.27. The number of rotatable bonds is 12. The smallest absolute Gasteiger partial charge is 0.310 e. The summed E-state index contributed by atoms with van der Waals surface area (Å²) < 4.78 is 16.1. The molecule has 2 aromatic carbocycles. The Morgan fingerprint density at radius 3 is 1.86 bits per heavy atom. The number of carbonyl (C=O) groups excluding carboxylic acids is 1. The maximum Gasteiger partial charge on any atom is 0.310 e. The Bertz CT molecular complexity index is 851. The molecule has 0 spiro atoms. The van der Waals surface area contributed by atoms with Crippen molar-refractivity contribution in [2.75, 3.05) is 66.2 Å². The van der Waals surface area contributed by atoms with E-state index < -0.39 is 0 Å². The Kier molecular flexibility index (Phi) is 12.9. The van der Waals surface area contributed by atoms with E-state index in [9.17, 15) is 4.79 Å². The highest BCUT2D eigenvalue weighted by Crippen LogP contribution is 2.17. The predicted molar refractivity (Wildman–Crippen MR) is 140 cm³/mol. The fourth-order valence-corrected chi connectivity index (χ4v) is 4.58. The second-order valence-electron chi connectivity index (χ2n) is 9.52. The molecule has 198 valence electrons. The summed E-state index contributed by atoms with van der Waals surface area (Å²) in [5.74, 6) is 0.427. The van der Waals surface area contributed by atoms with Crippen molar-refractivity contribution in [1.82, 2.24) is 9.80 Å². The molecule has 7 heteroatoms. The van der Waals surface area contributed by atoms with Crippen LogP contribution >= 0.6 is 0 Å². The van der Waals surface area contributed by atoms with Crippen LogP contribution in [0.25, 0.3) is 0 Å². The fraction of sp³-hybridized carbons (Fsp3) is 0.552. The first-order chi connectivity index (χ1) is 17.7. The maximum atomic E-state index is 11.4. The van der Waals surface area contributed by atoms with E-state index in [1.807, 2.05) is 36.4 Å². The van der Waals surface area contributed by atoms with Gasteiger partial charge in [0.05, 0.1) is 39.5 Å². The van der Waals surface area contributed by atoms with Gasteiger partial charge in [0.15, 0.2) is 0 Å². The predicted octanol–water partition coefficient (Wildman–Crippen LogP) is 3.22. The maximum absolute atomic E-state index is 11.4. The Labute approximate surface area is 216 Å². The van der Waals surface area contributed by atoms with Crippen LogP contribution in [0.3, 0.4) is 0 Å². The van der Waals surface area contributed by atoms with Crippen molar-refractivity contribution in [1.29, 1.82) is 0 Å². The van der Waals surface area contributed by atoms with E-state index >= 15 is 0 Å². The molecular formula is C29H42N2O5. The van der Waals surface area contributed by atoms with Gasteiger partial charge in [0.25, 0.3) is 0 Å². The summed E-state index contributed by atoms with van der Waals surface area (Å²) in [5, 5.41) is 9.05. The van der Waals surface area contributed by atoms with Gasteiger partial charge in [-0.15, -0.1) is 0 Å². The van der Waals surface area contributed by atoms with Crippen molar-refractivity contribution in [2.45, 2.75) is 26.1 Å². The minimum Gasteiger partial charge on any atom is -0.469 e. The number of methoxy groups -OCH3 is 1. The van der Waals surface area contributed by atoms with E-state index in [4.69, 9.17) is 19.3 Å². The Balaban J connectivity index is 0.000000202.